The van der Waals surface area contributed by atoms with Gasteiger partial charge < -0.3 is 9.47 Å². The van der Waals surface area contributed by atoms with Crippen molar-refractivity contribution in [3.05, 3.63) is 30.3 Å². The SMILES string of the molecule is C[C@H]1[C@@H](Sc2ccccc2)O[C@@H]2O[C@]3(C)CC[C@H]4[C@H](C)CC[C@@H]1[C@@]24OO3. The topological polar surface area (TPSA) is 36.9 Å². The predicted molar refractivity (Wildman–Crippen MR) is 99.1 cm³/mol. The van der Waals surface area contributed by atoms with Gasteiger partial charge in [0.1, 0.15) is 5.44 Å². The molecule has 1 aromatic carbocycles. The second-order valence-corrected chi connectivity index (χ2v) is 9.88. The summed E-state index contributed by atoms with van der Waals surface area (Å²) in [5.41, 5.74) is -0.389. The zero-order chi connectivity index (χ0) is 17.9. The van der Waals surface area contributed by atoms with Crippen molar-refractivity contribution in [1.82, 2.24) is 0 Å². The molecule has 6 rings (SSSR count). The van der Waals surface area contributed by atoms with Crippen molar-refractivity contribution in [2.24, 2.45) is 23.7 Å². The maximum Gasteiger partial charge on any atom is 0.201 e. The summed E-state index contributed by atoms with van der Waals surface area (Å²) in [6, 6.07) is 10.5. The number of fused-ring (bicyclic) bond motifs is 2. The van der Waals surface area contributed by atoms with E-state index >= 15 is 0 Å². The van der Waals surface area contributed by atoms with Crippen LogP contribution in [0.4, 0.5) is 0 Å². The second kappa shape index (κ2) is 6.21. The Labute approximate surface area is 159 Å². The molecule has 142 valence electrons. The van der Waals surface area contributed by atoms with Gasteiger partial charge in [0, 0.05) is 17.2 Å². The van der Waals surface area contributed by atoms with E-state index in [-0.39, 0.29) is 11.7 Å². The smallest absolute Gasteiger partial charge is 0.201 e. The van der Waals surface area contributed by atoms with Crippen LogP contribution in [0.25, 0.3) is 0 Å². The number of rotatable bonds is 2. The van der Waals surface area contributed by atoms with Crippen LogP contribution in [-0.2, 0) is 19.2 Å². The van der Waals surface area contributed by atoms with Crippen LogP contribution >= 0.6 is 11.8 Å². The molecular formula is C21H28O4S. The van der Waals surface area contributed by atoms with Crippen molar-refractivity contribution in [3.8, 4) is 0 Å². The molecule has 1 aromatic rings. The summed E-state index contributed by atoms with van der Waals surface area (Å²) in [5, 5.41) is 0. The number of hydrogen-bond acceptors (Lipinski definition) is 5. The molecule has 1 saturated carbocycles. The van der Waals surface area contributed by atoms with Crippen LogP contribution in [0.3, 0.4) is 0 Å². The molecule has 4 aliphatic heterocycles. The Morgan fingerprint density at radius 2 is 1.81 bits per heavy atom. The van der Waals surface area contributed by atoms with Gasteiger partial charge >= 0.3 is 0 Å². The van der Waals surface area contributed by atoms with Crippen LogP contribution in [0.5, 0.6) is 0 Å². The molecule has 4 heterocycles. The fraction of sp³-hybridized carbons (Fsp3) is 0.714. The first-order valence-electron chi connectivity index (χ1n) is 9.94. The van der Waals surface area contributed by atoms with Crippen LogP contribution < -0.4 is 0 Å². The molecule has 4 nitrogen and oxygen atoms in total. The van der Waals surface area contributed by atoms with E-state index in [2.05, 4.69) is 44.2 Å². The molecule has 5 heteroatoms. The summed E-state index contributed by atoms with van der Waals surface area (Å²) in [6.07, 6.45) is 3.99. The van der Waals surface area contributed by atoms with Crippen molar-refractivity contribution >= 4 is 11.8 Å². The first-order chi connectivity index (χ1) is 12.5. The molecule has 0 N–H and O–H groups in total. The highest BCUT2D eigenvalue weighted by molar-refractivity contribution is 7.99. The zero-order valence-corrected chi connectivity index (χ0v) is 16.5. The van der Waals surface area contributed by atoms with Crippen LogP contribution in [-0.4, -0.2) is 23.1 Å². The Hall–Kier alpha value is -0.590. The summed E-state index contributed by atoms with van der Waals surface area (Å²) in [5.74, 6) is 1.11. The van der Waals surface area contributed by atoms with E-state index in [0.717, 1.165) is 19.3 Å². The number of benzene rings is 1. The van der Waals surface area contributed by atoms with Gasteiger partial charge in [-0.3, -0.25) is 0 Å². The lowest BCUT2D eigenvalue weighted by molar-refractivity contribution is -0.568. The molecule has 2 bridgehead atoms. The van der Waals surface area contributed by atoms with Gasteiger partial charge in [0.2, 0.25) is 5.79 Å². The van der Waals surface area contributed by atoms with E-state index in [0.29, 0.717) is 23.7 Å². The van der Waals surface area contributed by atoms with Crippen molar-refractivity contribution < 1.29 is 19.2 Å². The summed E-state index contributed by atoms with van der Waals surface area (Å²) < 4.78 is 13.0. The molecule has 1 spiro atoms. The summed E-state index contributed by atoms with van der Waals surface area (Å²) in [7, 11) is 0. The van der Waals surface area contributed by atoms with Gasteiger partial charge in [-0.1, -0.05) is 43.8 Å². The van der Waals surface area contributed by atoms with E-state index in [1.165, 1.54) is 11.3 Å². The van der Waals surface area contributed by atoms with E-state index in [4.69, 9.17) is 19.2 Å². The Bertz CT molecular complexity index is 669. The first-order valence-corrected chi connectivity index (χ1v) is 10.8. The van der Waals surface area contributed by atoms with E-state index in [1.54, 1.807) is 11.8 Å². The fourth-order valence-electron chi connectivity index (χ4n) is 5.64. The third-order valence-corrected chi connectivity index (χ3v) is 8.41. The molecule has 1 aliphatic carbocycles. The minimum Gasteiger partial charge on any atom is -0.335 e. The largest absolute Gasteiger partial charge is 0.335 e. The highest BCUT2D eigenvalue weighted by Crippen LogP contribution is 2.61. The maximum atomic E-state index is 6.60. The normalized spacial score (nSPS) is 50.1. The van der Waals surface area contributed by atoms with Gasteiger partial charge in [-0.2, -0.15) is 0 Å². The maximum absolute atomic E-state index is 6.60. The van der Waals surface area contributed by atoms with E-state index in [1.807, 2.05) is 6.92 Å². The summed E-state index contributed by atoms with van der Waals surface area (Å²) in [6.45, 7) is 6.65. The highest BCUT2D eigenvalue weighted by Gasteiger charge is 2.69. The lowest BCUT2D eigenvalue weighted by Gasteiger charge is -2.60. The minimum absolute atomic E-state index is 0.0682. The first kappa shape index (κ1) is 17.5. The molecule has 5 aliphatic rings. The third kappa shape index (κ3) is 2.51. The molecule has 0 amide bonds. The quantitative estimate of drug-likeness (QED) is 0.680. The van der Waals surface area contributed by atoms with Gasteiger partial charge in [-0.05, 0) is 56.1 Å². The number of ether oxygens (including phenoxy) is 2. The standard InChI is InChI=1S/C21H28O4S/c1-13-9-10-17-14(2)18(26-15-7-5-4-6-8-15)22-19-21(17)16(13)11-12-20(3,23-19)24-25-21/h4-8,13-14,16-19H,9-12H2,1-3H3/t13-,14-,16+,17+,18-,19-,20+,21-/m1/s1. The van der Waals surface area contributed by atoms with E-state index < -0.39 is 11.4 Å². The molecule has 4 saturated heterocycles. The Morgan fingerprint density at radius 1 is 1.00 bits per heavy atom. The van der Waals surface area contributed by atoms with Gasteiger partial charge in [-0.15, -0.1) is 0 Å². The fourth-order valence-corrected chi connectivity index (χ4v) is 6.78. The van der Waals surface area contributed by atoms with Crippen molar-refractivity contribution in [3.63, 3.8) is 0 Å². The van der Waals surface area contributed by atoms with Crippen molar-refractivity contribution in [2.75, 3.05) is 0 Å². The molecule has 0 aromatic heterocycles. The Morgan fingerprint density at radius 3 is 2.62 bits per heavy atom. The second-order valence-electron chi connectivity index (χ2n) is 8.70. The van der Waals surface area contributed by atoms with Crippen LogP contribution in [0.2, 0.25) is 0 Å². The lowest BCUT2D eigenvalue weighted by Crippen LogP contribution is -2.70. The van der Waals surface area contributed by atoms with Crippen molar-refractivity contribution in [2.45, 2.75) is 74.5 Å². The van der Waals surface area contributed by atoms with Gasteiger partial charge in [0.25, 0.3) is 0 Å². The molecular weight excluding hydrogens is 348 g/mol. The Kier molecular flexibility index (Phi) is 4.18. The minimum atomic E-state index is -0.694. The van der Waals surface area contributed by atoms with E-state index in [9.17, 15) is 0 Å². The summed E-state index contributed by atoms with van der Waals surface area (Å²) in [4.78, 5) is 13.3. The van der Waals surface area contributed by atoms with Crippen LogP contribution in [0, 0.1) is 23.7 Å². The number of thioether (sulfide) groups is 1. The van der Waals surface area contributed by atoms with Crippen LogP contribution in [0.15, 0.2) is 35.2 Å². The molecule has 26 heavy (non-hydrogen) atoms. The monoisotopic (exact) mass is 376 g/mol. The zero-order valence-electron chi connectivity index (χ0n) is 15.7. The van der Waals surface area contributed by atoms with Crippen LogP contribution in [0.1, 0.15) is 46.5 Å². The number of hydrogen-bond donors (Lipinski definition) is 0. The molecule has 0 radical (unpaired) electrons. The predicted octanol–water partition coefficient (Wildman–Crippen LogP) is 4.99. The molecule has 0 unspecified atom stereocenters. The molecule has 8 atom stereocenters. The van der Waals surface area contributed by atoms with Crippen molar-refractivity contribution in [1.29, 1.82) is 0 Å². The highest BCUT2D eigenvalue weighted by atomic mass is 32.2. The average molecular weight is 377 g/mol. The molecule has 5 fully saturated rings. The van der Waals surface area contributed by atoms with Gasteiger partial charge in [0.15, 0.2) is 11.9 Å². The third-order valence-electron chi connectivity index (χ3n) is 7.09. The summed E-state index contributed by atoms with van der Waals surface area (Å²) >= 11 is 1.80. The van der Waals surface area contributed by atoms with Gasteiger partial charge in [0.05, 0.1) is 0 Å². The average Bonchev–Trinajstić information content (AvgIpc) is 2.86. The lowest BCUT2D eigenvalue weighted by atomic mass is 9.58. The Balaban J connectivity index is 1.50. The van der Waals surface area contributed by atoms with Gasteiger partial charge in [-0.25, -0.2) is 9.78 Å².